The lowest BCUT2D eigenvalue weighted by Crippen LogP contribution is -2.35. The van der Waals surface area contributed by atoms with Gasteiger partial charge < -0.3 is 10.1 Å². The number of hydrogen-bond acceptors (Lipinski definition) is 5. The Bertz CT molecular complexity index is 530. The van der Waals surface area contributed by atoms with Crippen molar-refractivity contribution in [3.63, 3.8) is 0 Å². The highest BCUT2D eigenvalue weighted by Crippen LogP contribution is 2.23. The van der Waals surface area contributed by atoms with E-state index in [-0.39, 0.29) is 17.4 Å². The predicted molar refractivity (Wildman–Crippen MR) is 81.4 cm³/mol. The standard InChI is InChI=1S/C15H19NO4S/c1-4-16-14(18)11(3)20-15(19)12-7-5-6-8-13(12)21-9-10(2)17/h5-8,11H,4,9H2,1-3H3,(H,16,18)/t11-/m0/s1. The topological polar surface area (TPSA) is 72.5 Å². The Labute approximate surface area is 128 Å². The van der Waals surface area contributed by atoms with Crippen LogP contribution in [0.5, 0.6) is 0 Å². The van der Waals surface area contributed by atoms with Crippen LogP contribution in [0, 0.1) is 0 Å². The van der Waals surface area contributed by atoms with Gasteiger partial charge in [0.1, 0.15) is 5.78 Å². The van der Waals surface area contributed by atoms with Crippen molar-refractivity contribution in [2.75, 3.05) is 12.3 Å². The van der Waals surface area contributed by atoms with Gasteiger partial charge >= 0.3 is 5.97 Å². The molecule has 1 aromatic carbocycles. The number of likely N-dealkylation sites (N-methyl/N-ethyl adjacent to an activating group) is 1. The molecule has 114 valence electrons. The van der Waals surface area contributed by atoms with Crippen LogP contribution in [0.15, 0.2) is 29.2 Å². The average Bonchev–Trinajstić information content (AvgIpc) is 2.45. The van der Waals surface area contributed by atoms with Crippen molar-refractivity contribution in [1.82, 2.24) is 5.32 Å². The van der Waals surface area contributed by atoms with E-state index in [1.807, 2.05) is 0 Å². The zero-order valence-corrected chi connectivity index (χ0v) is 13.2. The van der Waals surface area contributed by atoms with E-state index in [2.05, 4.69) is 5.32 Å². The lowest BCUT2D eigenvalue weighted by molar-refractivity contribution is -0.129. The Morgan fingerprint density at radius 2 is 1.95 bits per heavy atom. The Kier molecular flexibility index (Phi) is 6.94. The van der Waals surface area contributed by atoms with Crippen LogP contribution < -0.4 is 5.32 Å². The van der Waals surface area contributed by atoms with Crippen molar-refractivity contribution in [3.05, 3.63) is 29.8 Å². The van der Waals surface area contributed by atoms with Gasteiger partial charge in [0.2, 0.25) is 0 Å². The van der Waals surface area contributed by atoms with Gasteiger partial charge in [-0.15, -0.1) is 11.8 Å². The molecule has 0 fully saturated rings. The number of ether oxygens (including phenoxy) is 1. The van der Waals surface area contributed by atoms with E-state index in [4.69, 9.17) is 4.74 Å². The second-order valence-electron chi connectivity index (χ2n) is 4.43. The van der Waals surface area contributed by atoms with E-state index in [0.717, 1.165) is 0 Å². The van der Waals surface area contributed by atoms with Crippen LogP contribution in [0.25, 0.3) is 0 Å². The van der Waals surface area contributed by atoms with Crippen molar-refractivity contribution in [3.8, 4) is 0 Å². The summed E-state index contributed by atoms with van der Waals surface area (Å²) in [6, 6.07) is 6.87. The number of thioether (sulfide) groups is 1. The molecular weight excluding hydrogens is 290 g/mol. The minimum atomic E-state index is -0.858. The van der Waals surface area contributed by atoms with Gasteiger partial charge in [0, 0.05) is 11.4 Å². The van der Waals surface area contributed by atoms with Gasteiger partial charge in [-0.25, -0.2) is 4.79 Å². The number of rotatable bonds is 7. The van der Waals surface area contributed by atoms with Gasteiger partial charge in [0.25, 0.3) is 5.91 Å². The second kappa shape index (κ2) is 8.46. The van der Waals surface area contributed by atoms with Crippen molar-refractivity contribution in [2.45, 2.75) is 31.8 Å². The lowest BCUT2D eigenvalue weighted by Gasteiger charge is -2.14. The Hall–Kier alpha value is -1.82. The number of amides is 1. The molecule has 0 aliphatic carbocycles. The fourth-order valence-electron chi connectivity index (χ4n) is 1.54. The number of Topliss-reactive ketones (excluding diaryl/α,β-unsaturated/α-hetero) is 1. The molecular formula is C15H19NO4S. The molecule has 0 spiro atoms. The van der Waals surface area contributed by atoms with Crippen LogP contribution in [-0.2, 0) is 14.3 Å². The predicted octanol–water partition coefficient (Wildman–Crippen LogP) is 2.05. The quantitative estimate of drug-likeness (QED) is 0.616. The third-order valence-electron chi connectivity index (χ3n) is 2.54. The fourth-order valence-corrected chi connectivity index (χ4v) is 2.38. The van der Waals surface area contributed by atoms with Crippen LogP contribution >= 0.6 is 11.8 Å². The largest absolute Gasteiger partial charge is 0.449 e. The molecule has 0 aromatic heterocycles. The number of ketones is 1. The maximum atomic E-state index is 12.1. The smallest absolute Gasteiger partial charge is 0.340 e. The van der Waals surface area contributed by atoms with E-state index in [1.54, 1.807) is 31.2 Å². The summed E-state index contributed by atoms with van der Waals surface area (Å²) in [6.07, 6.45) is -0.858. The first-order valence-corrected chi connectivity index (χ1v) is 7.64. The Morgan fingerprint density at radius 1 is 1.29 bits per heavy atom. The molecule has 21 heavy (non-hydrogen) atoms. The van der Waals surface area contributed by atoms with Gasteiger partial charge in [-0.05, 0) is 32.9 Å². The number of benzene rings is 1. The van der Waals surface area contributed by atoms with Gasteiger partial charge in [0.05, 0.1) is 11.3 Å². The molecule has 6 heteroatoms. The molecule has 0 aliphatic rings. The molecule has 0 saturated carbocycles. The first-order chi connectivity index (χ1) is 9.95. The maximum absolute atomic E-state index is 12.1. The summed E-state index contributed by atoms with van der Waals surface area (Å²) in [4.78, 5) is 35.4. The summed E-state index contributed by atoms with van der Waals surface area (Å²) in [7, 11) is 0. The van der Waals surface area contributed by atoms with Crippen molar-refractivity contribution < 1.29 is 19.1 Å². The van der Waals surface area contributed by atoms with Gasteiger partial charge in [-0.3, -0.25) is 9.59 Å². The minimum Gasteiger partial charge on any atom is -0.449 e. The molecule has 1 aromatic rings. The number of esters is 1. The number of carbonyl (C=O) groups excluding carboxylic acids is 3. The van der Waals surface area contributed by atoms with Gasteiger partial charge in [-0.1, -0.05) is 12.1 Å². The van der Waals surface area contributed by atoms with E-state index in [9.17, 15) is 14.4 Å². The van der Waals surface area contributed by atoms with Crippen LogP contribution in [0.4, 0.5) is 0 Å². The first-order valence-electron chi connectivity index (χ1n) is 6.65. The van der Waals surface area contributed by atoms with Crippen LogP contribution in [0.1, 0.15) is 31.1 Å². The zero-order valence-electron chi connectivity index (χ0n) is 12.3. The highest BCUT2D eigenvalue weighted by Gasteiger charge is 2.20. The monoisotopic (exact) mass is 309 g/mol. The SMILES string of the molecule is CCNC(=O)[C@H](C)OC(=O)c1ccccc1SCC(C)=O. The summed E-state index contributed by atoms with van der Waals surface area (Å²) >= 11 is 1.28. The number of hydrogen-bond donors (Lipinski definition) is 1. The van der Waals surface area contributed by atoms with Gasteiger partial charge in [0.15, 0.2) is 6.10 Å². The lowest BCUT2D eigenvalue weighted by atomic mass is 10.2. The van der Waals surface area contributed by atoms with E-state index in [1.165, 1.54) is 25.6 Å². The molecule has 1 N–H and O–H groups in total. The molecule has 0 unspecified atom stereocenters. The Balaban J connectivity index is 2.77. The Morgan fingerprint density at radius 3 is 2.57 bits per heavy atom. The molecule has 0 heterocycles. The normalized spacial score (nSPS) is 11.6. The molecule has 1 amide bonds. The molecule has 5 nitrogen and oxygen atoms in total. The van der Waals surface area contributed by atoms with Crippen molar-refractivity contribution >= 4 is 29.4 Å². The summed E-state index contributed by atoms with van der Waals surface area (Å²) in [5.74, 6) is -0.588. The van der Waals surface area contributed by atoms with Crippen LogP contribution in [0.2, 0.25) is 0 Å². The third kappa shape index (κ3) is 5.59. The number of carbonyl (C=O) groups is 3. The first kappa shape index (κ1) is 17.2. The van der Waals surface area contributed by atoms with Gasteiger partial charge in [-0.2, -0.15) is 0 Å². The molecule has 1 atom stereocenters. The third-order valence-corrected chi connectivity index (χ3v) is 3.76. The van der Waals surface area contributed by atoms with E-state index in [0.29, 0.717) is 17.0 Å². The van der Waals surface area contributed by atoms with Crippen LogP contribution in [-0.4, -0.2) is 36.1 Å². The van der Waals surface area contributed by atoms with Crippen LogP contribution in [0.3, 0.4) is 0 Å². The highest BCUT2D eigenvalue weighted by atomic mass is 32.2. The van der Waals surface area contributed by atoms with Crippen molar-refractivity contribution in [1.29, 1.82) is 0 Å². The zero-order chi connectivity index (χ0) is 15.8. The summed E-state index contributed by atoms with van der Waals surface area (Å²) in [6.45, 7) is 5.28. The number of nitrogens with one attached hydrogen (secondary N) is 1. The molecule has 0 saturated heterocycles. The summed E-state index contributed by atoms with van der Waals surface area (Å²) in [5, 5.41) is 2.59. The summed E-state index contributed by atoms with van der Waals surface area (Å²) < 4.78 is 5.15. The van der Waals surface area contributed by atoms with E-state index < -0.39 is 12.1 Å². The molecule has 0 aliphatic heterocycles. The molecule has 1 rings (SSSR count). The fraction of sp³-hybridized carbons (Fsp3) is 0.400. The summed E-state index contributed by atoms with van der Waals surface area (Å²) in [5.41, 5.74) is 0.361. The maximum Gasteiger partial charge on any atom is 0.340 e. The highest BCUT2D eigenvalue weighted by molar-refractivity contribution is 8.00. The molecule has 0 radical (unpaired) electrons. The minimum absolute atomic E-state index is 0.0267. The average molecular weight is 309 g/mol. The van der Waals surface area contributed by atoms with E-state index >= 15 is 0 Å². The van der Waals surface area contributed by atoms with Crippen molar-refractivity contribution in [2.24, 2.45) is 0 Å². The second-order valence-corrected chi connectivity index (χ2v) is 5.45. The molecule has 0 bridgehead atoms.